The number of hydrogen-bond donors (Lipinski definition) is 1. The minimum absolute atomic E-state index is 0.384. The van der Waals surface area contributed by atoms with Gasteiger partial charge in [0.05, 0.1) is 7.11 Å². The van der Waals surface area contributed by atoms with Crippen molar-refractivity contribution in [3.63, 3.8) is 0 Å². The molecule has 2 N–H and O–H groups in total. The quantitative estimate of drug-likeness (QED) is 0.745. The average molecular weight is 224 g/mol. The highest BCUT2D eigenvalue weighted by Gasteiger charge is 2.12. The van der Waals surface area contributed by atoms with Crippen LogP contribution in [0, 0.1) is 0 Å². The van der Waals surface area contributed by atoms with Gasteiger partial charge in [-0.2, -0.15) is 0 Å². The van der Waals surface area contributed by atoms with Crippen LogP contribution in [-0.2, 0) is 0 Å². The summed E-state index contributed by atoms with van der Waals surface area (Å²) in [4.78, 5) is 10.2. The number of aromatic nitrogens is 2. The largest absolute Gasteiger partial charge is 0.490 e. The molecule has 0 bridgehead atoms. The SMILES string of the molecule is CCCCCN(C)c1ncnc(N)c1OC. The van der Waals surface area contributed by atoms with Gasteiger partial charge in [-0.15, -0.1) is 0 Å². The first-order valence-electron chi connectivity index (χ1n) is 5.56. The lowest BCUT2D eigenvalue weighted by molar-refractivity contribution is 0.413. The van der Waals surface area contributed by atoms with Gasteiger partial charge in [0.2, 0.25) is 5.75 Å². The van der Waals surface area contributed by atoms with E-state index >= 15 is 0 Å². The zero-order chi connectivity index (χ0) is 12.0. The van der Waals surface area contributed by atoms with E-state index in [9.17, 15) is 0 Å². The molecule has 0 unspecified atom stereocenters. The van der Waals surface area contributed by atoms with E-state index in [0.717, 1.165) is 18.8 Å². The molecule has 1 rings (SSSR count). The maximum Gasteiger partial charge on any atom is 0.204 e. The van der Waals surface area contributed by atoms with Crippen molar-refractivity contribution in [2.45, 2.75) is 26.2 Å². The number of nitrogen functional groups attached to an aromatic ring is 1. The molecule has 0 spiro atoms. The van der Waals surface area contributed by atoms with E-state index < -0.39 is 0 Å². The van der Waals surface area contributed by atoms with Crippen LogP contribution in [-0.4, -0.2) is 30.7 Å². The molecule has 0 aliphatic carbocycles. The van der Waals surface area contributed by atoms with E-state index in [0.29, 0.717) is 11.6 Å². The highest BCUT2D eigenvalue weighted by atomic mass is 16.5. The van der Waals surface area contributed by atoms with Gasteiger partial charge < -0.3 is 15.4 Å². The molecule has 0 saturated carbocycles. The number of unbranched alkanes of at least 4 members (excludes halogenated alkanes) is 2. The summed E-state index contributed by atoms with van der Waals surface area (Å²) in [6.45, 7) is 3.13. The predicted molar refractivity (Wildman–Crippen MR) is 65.8 cm³/mol. The second kappa shape index (κ2) is 6.15. The van der Waals surface area contributed by atoms with Crippen LogP contribution in [0.3, 0.4) is 0 Å². The number of nitrogens with zero attached hydrogens (tertiary/aromatic N) is 3. The van der Waals surface area contributed by atoms with Crippen LogP contribution in [0.2, 0.25) is 0 Å². The Morgan fingerprint density at radius 3 is 2.75 bits per heavy atom. The third-order valence-corrected chi connectivity index (χ3v) is 2.48. The zero-order valence-corrected chi connectivity index (χ0v) is 10.2. The molecule has 0 aliphatic rings. The average Bonchev–Trinajstić information content (AvgIpc) is 2.29. The van der Waals surface area contributed by atoms with E-state index in [2.05, 4.69) is 16.9 Å². The van der Waals surface area contributed by atoms with Crippen molar-refractivity contribution in [1.82, 2.24) is 9.97 Å². The fourth-order valence-corrected chi connectivity index (χ4v) is 1.55. The Bertz CT molecular complexity index is 330. The third kappa shape index (κ3) is 2.98. The zero-order valence-electron chi connectivity index (χ0n) is 10.2. The Labute approximate surface area is 96.6 Å². The molecule has 0 atom stereocenters. The Balaban J connectivity index is 2.74. The lowest BCUT2D eigenvalue weighted by Crippen LogP contribution is -2.21. The topological polar surface area (TPSA) is 64.3 Å². The highest BCUT2D eigenvalue weighted by molar-refractivity contribution is 5.62. The number of ether oxygens (including phenoxy) is 1. The maximum absolute atomic E-state index is 5.72. The van der Waals surface area contributed by atoms with Crippen molar-refractivity contribution < 1.29 is 4.74 Å². The minimum atomic E-state index is 0.384. The van der Waals surface area contributed by atoms with Gasteiger partial charge in [-0.1, -0.05) is 19.8 Å². The van der Waals surface area contributed by atoms with Gasteiger partial charge in [0, 0.05) is 13.6 Å². The van der Waals surface area contributed by atoms with Crippen LogP contribution in [0.1, 0.15) is 26.2 Å². The van der Waals surface area contributed by atoms with Crippen molar-refractivity contribution in [2.75, 3.05) is 31.3 Å². The summed E-state index contributed by atoms with van der Waals surface area (Å²) in [6, 6.07) is 0. The van der Waals surface area contributed by atoms with E-state index in [1.54, 1.807) is 7.11 Å². The number of nitrogens with two attached hydrogens (primary N) is 1. The molecule has 1 heterocycles. The van der Waals surface area contributed by atoms with Crippen molar-refractivity contribution in [3.05, 3.63) is 6.33 Å². The molecule has 90 valence electrons. The molecule has 5 nitrogen and oxygen atoms in total. The lowest BCUT2D eigenvalue weighted by atomic mass is 10.2. The Morgan fingerprint density at radius 1 is 1.38 bits per heavy atom. The van der Waals surface area contributed by atoms with E-state index in [-0.39, 0.29) is 0 Å². The number of methoxy groups -OCH3 is 1. The van der Waals surface area contributed by atoms with Crippen LogP contribution in [0.25, 0.3) is 0 Å². The summed E-state index contributed by atoms with van der Waals surface area (Å²) in [6.07, 6.45) is 5.02. The maximum atomic E-state index is 5.72. The molecule has 16 heavy (non-hydrogen) atoms. The fraction of sp³-hybridized carbons (Fsp3) is 0.636. The van der Waals surface area contributed by atoms with Crippen molar-refractivity contribution in [3.8, 4) is 5.75 Å². The molecule has 0 aromatic carbocycles. The van der Waals surface area contributed by atoms with E-state index in [1.165, 1.54) is 19.2 Å². The second-order valence-electron chi connectivity index (χ2n) is 3.74. The Morgan fingerprint density at radius 2 is 2.12 bits per heavy atom. The van der Waals surface area contributed by atoms with Crippen molar-refractivity contribution in [2.24, 2.45) is 0 Å². The van der Waals surface area contributed by atoms with Crippen LogP contribution >= 0.6 is 0 Å². The van der Waals surface area contributed by atoms with Crippen LogP contribution in [0.5, 0.6) is 5.75 Å². The molecule has 0 radical (unpaired) electrons. The van der Waals surface area contributed by atoms with Crippen molar-refractivity contribution >= 4 is 11.6 Å². The normalized spacial score (nSPS) is 10.2. The molecule has 1 aromatic heterocycles. The van der Waals surface area contributed by atoms with Crippen molar-refractivity contribution in [1.29, 1.82) is 0 Å². The molecule has 5 heteroatoms. The van der Waals surface area contributed by atoms with Gasteiger partial charge in [0.15, 0.2) is 11.6 Å². The summed E-state index contributed by atoms with van der Waals surface area (Å²) in [5.41, 5.74) is 5.72. The summed E-state index contributed by atoms with van der Waals surface area (Å²) in [7, 11) is 3.57. The van der Waals surface area contributed by atoms with Crippen LogP contribution in [0.15, 0.2) is 6.33 Å². The standard InChI is InChI=1S/C11H20N4O/c1-4-5-6-7-15(2)11-9(16-3)10(12)13-8-14-11/h8H,4-7H2,1-3H3,(H2,12,13,14). The number of anilines is 2. The molecule has 1 aromatic rings. The molecule has 0 aliphatic heterocycles. The molecular formula is C11H20N4O. The third-order valence-electron chi connectivity index (χ3n) is 2.48. The number of hydrogen-bond acceptors (Lipinski definition) is 5. The van der Waals surface area contributed by atoms with E-state index in [1.807, 2.05) is 11.9 Å². The Kier molecular flexibility index (Phi) is 4.82. The predicted octanol–water partition coefficient (Wildman–Crippen LogP) is 1.69. The van der Waals surface area contributed by atoms with Gasteiger partial charge >= 0.3 is 0 Å². The molecule has 0 saturated heterocycles. The molecular weight excluding hydrogens is 204 g/mol. The highest BCUT2D eigenvalue weighted by Crippen LogP contribution is 2.28. The Hall–Kier alpha value is -1.52. The van der Waals surface area contributed by atoms with Crippen LogP contribution < -0.4 is 15.4 Å². The summed E-state index contributed by atoms with van der Waals surface area (Å²) < 4.78 is 5.21. The van der Waals surface area contributed by atoms with Gasteiger partial charge in [0.1, 0.15) is 6.33 Å². The first kappa shape index (κ1) is 12.5. The molecule has 0 fully saturated rings. The first-order chi connectivity index (χ1) is 7.70. The van der Waals surface area contributed by atoms with Crippen LogP contribution in [0.4, 0.5) is 11.6 Å². The van der Waals surface area contributed by atoms with Gasteiger partial charge in [0.25, 0.3) is 0 Å². The summed E-state index contributed by atoms with van der Waals surface area (Å²) in [5.74, 6) is 1.70. The first-order valence-corrected chi connectivity index (χ1v) is 5.56. The lowest BCUT2D eigenvalue weighted by Gasteiger charge is -2.20. The summed E-state index contributed by atoms with van der Waals surface area (Å²) >= 11 is 0. The smallest absolute Gasteiger partial charge is 0.204 e. The monoisotopic (exact) mass is 224 g/mol. The van der Waals surface area contributed by atoms with Gasteiger partial charge in [-0.05, 0) is 6.42 Å². The van der Waals surface area contributed by atoms with E-state index in [4.69, 9.17) is 10.5 Å². The summed E-state index contributed by atoms with van der Waals surface area (Å²) in [5, 5.41) is 0. The van der Waals surface area contributed by atoms with Gasteiger partial charge in [-0.3, -0.25) is 0 Å². The van der Waals surface area contributed by atoms with Gasteiger partial charge in [-0.25, -0.2) is 9.97 Å². The minimum Gasteiger partial charge on any atom is -0.490 e. The molecule has 0 amide bonds. The second-order valence-corrected chi connectivity index (χ2v) is 3.74. The number of rotatable bonds is 6. The fourth-order valence-electron chi connectivity index (χ4n) is 1.55.